The Bertz CT molecular complexity index is 747. The van der Waals surface area contributed by atoms with E-state index in [1.54, 1.807) is 19.1 Å². The summed E-state index contributed by atoms with van der Waals surface area (Å²) in [5.41, 5.74) is 1.42. The summed E-state index contributed by atoms with van der Waals surface area (Å²) in [6.45, 7) is 3.34. The van der Waals surface area contributed by atoms with Crippen LogP contribution in [0.25, 0.3) is 0 Å². The zero-order valence-electron chi connectivity index (χ0n) is 13.2. The molecule has 0 fully saturated rings. The van der Waals surface area contributed by atoms with Gasteiger partial charge < -0.3 is 15.2 Å². The molecule has 2 N–H and O–H groups in total. The molecular weight excluding hydrogens is 336 g/mol. The Kier molecular flexibility index (Phi) is 5.75. The van der Waals surface area contributed by atoms with Gasteiger partial charge in [0, 0.05) is 0 Å². The number of carbonyl (C=O) groups is 2. The van der Waals surface area contributed by atoms with Gasteiger partial charge in [0.1, 0.15) is 18.0 Å². The number of amides is 1. The Hall–Kier alpha value is -2.61. The molecular formula is C15H17ClN4O4. The van der Waals surface area contributed by atoms with E-state index in [0.29, 0.717) is 16.5 Å². The summed E-state index contributed by atoms with van der Waals surface area (Å²) in [7, 11) is 0. The van der Waals surface area contributed by atoms with Gasteiger partial charge in [0.05, 0.1) is 17.8 Å². The van der Waals surface area contributed by atoms with Gasteiger partial charge >= 0.3 is 5.97 Å². The van der Waals surface area contributed by atoms with Crippen molar-refractivity contribution >= 4 is 23.5 Å². The van der Waals surface area contributed by atoms with Gasteiger partial charge in [0.2, 0.25) is 0 Å². The lowest BCUT2D eigenvalue weighted by Crippen LogP contribution is -2.36. The maximum atomic E-state index is 12.1. The third-order valence-electron chi connectivity index (χ3n) is 3.09. The van der Waals surface area contributed by atoms with Gasteiger partial charge in [-0.1, -0.05) is 22.9 Å². The summed E-state index contributed by atoms with van der Waals surface area (Å²) in [5.74, 6) is -0.931. The van der Waals surface area contributed by atoms with Crippen molar-refractivity contribution in [1.29, 1.82) is 0 Å². The quantitative estimate of drug-likeness (QED) is 0.780. The number of ether oxygens (including phenoxy) is 1. The van der Waals surface area contributed by atoms with Gasteiger partial charge in [0.25, 0.3) is 5.91 Å². The Morgan fingerprint density at radius 3 is 2.92 bits per heavy atom. The van der Waals surface area contributed by atoms with Crippen LogP contribution in [0.4, 0.5) is 0 Å². The van der Waals surface area contributed by atoms with Crippen LogP contribution in [-0.2, 0) is 22.7 Å². The molecule has 0 bridgehead atoms. The highest BCUT2D eigenvalue weighted by atomic mass is 35.5. The van der Waals surface area contributed by atoms with E-state index in [-0.39, 0.29) is 19.0 Å². The number of hydrogen-bond donors (Lipinski definition) is 2. The molecule has 9 heteroatoms. The van der Waals surface area contributed by atoms with Crippen LogP contribution in [-0.4, -0.2) is 38.1 Å². The minimum absolute atomic E-state index is 0.119. The Morgan fingerprint density at radius 1 is 1.46 bits per heavy atom. The van der Waals surface area contributed by atoms with Crippen molar-refractivity contribution in [3.05, 3.63) is 40.7 Å². The number of benzene rings is 1. The van der Waals surface area contributed by atoms with Gasteiger partial charge in [-0.25, -0.2) is 4.68 Å². The standard InChI is InChI=1S/C15H17ClN4O4/c1-9-3-4-12(16)13(5-9)24-10(2)15(23)17-6-11-7-20(19-18-11)8-14(21)22/h3-5,7,10H,6,8H2,1-2H3,(H,17,23)(H,21,22). The molecule has 0 aliphatic heterocycles. The molecule has 0 aliphatic carbocycles. The van der Waals surface area contributed by atoms with Crippen LogP contribution in [0.1, 0.15) is 18.2 Å². The molecule has 1 amide bonds. The van der Waals surface area contributed by atoms with E-state index in [4.69, 9.17) is 21.4 Å². The zero-order valence-corrected chi connectivity index (χ0v) is 13.9. The van der Waals surface area contributed by atoms with E-state index < -0.39 is 12.1 Å². The van der Waals surface area contributed by atoms with Crippen LogP contribution in [0, 0.1) is 6.92 Å². The molecule has 8 nitrogen and oxygen atoms in total. The van der Waals surface area contributed by atoms with Crippen LogP contribution < -0.4 is 10.1 Å². The first-order chi connectivity index (χ1) is 11.3. The zero-order chi connectivity index (χ0) is 17.7. The molecule has 1 aromatic heterocycles. The van der Waals surface area contributed by atoms with Crippen molar-refractivity contribution in [3.8, 4) is 5.75 Å². The second-order valence-corrected chi connectivity index (χ2v) is 5.62. The molecule has 2 aromatic rings. The summed E-state index contributed by atoms with van der Waals surface area (Å²) in [4.78, 5) is 22.6. The van der Waals surface area contributed by atoms with Crippen molar-refractivity contribution in [2.45, 2.75) is 33.0 Å². The molecule has 1 unspecified atom stereocenters. The number of nitrogens with one attached hydrogen (secondary N) is 1. The van der Waals surface area contributed by atoms with Gasteiger partial charge in [-0.15, -0.1) is 5.10 Å². The van der Waals surface area contributed by atoms with Crippen LogP contribution in [0.15, 0.2) is 24.4 Å². The number of carboxylic acids is 1. The smallest absolute Gasteiger partial charge is 0.325 e. The highest BCUT2D eigenvalue weighted by Crippen LogP contribution is 2.26. The fraction of sp³-hybridized carbons (Fsp3) is 0.333. The molecule has 0 aliphatic rings. The van der Waals surface area contributed by atoms with Gasteiger partial charge in [-0.2, -0.15) is 0 Å². The first-order valence-corrected chi connectivity index (χ1v) is 7.54. The average Bonchev–Trinajstić information content (AvgIpc) is 2.95. The fourth-order valence-corrected chi connectivity index (χ4v) is 2.06. The second-order valence-electron chi connectivity index (χ2n) is 5.21. The molecule has 0 spiro atoms. The van der Waals surface area contributed by atoms with Crippen LogP contribution in [0.2, 0.25) is 5.02 Å². The highest BCUT2D eigenvalue weighted by molar-refractivity contribution is 6.32. The monoisotopic (exact) mass is 352 g/mol. The Labute approximate surface area is 143 Å². The maximum Gasteiger partial charge on any atom is 0.325 e. The van der Waals surface area contributed by atoms with Crippen molar-refractivity contribution < 1.29 is 19.4 Å². The third kappa shape index (κ3) is 4.95. The summed E-state index contributed by atoms with van der Waals surface area (Å²) in [6.07, 6.45) is 0.704. The van der Waals surface area contributed by atoms with Gasteiger partial charge in [0.15, 0.2) is 6.10 Å². The van der Waals surface area contributed by atoms with Crippen molar-refractivity contribution in [3.63, 3.8) is 0 Å². The molecule has 0 saturated heterocycles. The predicted molar refractivity (Wildman–Crippen MR) is 85.8 cm³/mol. The first-order valence-electron chi connectivity index (χ1n) is 7.16. The lowest BCUT2D eigenvalue weighted by atomic mass is 10.2. The molecule has 1 aromatic carbocycles. The maximum absolute atomic E-state index is 12.1. The van der Waals surface area contributed by atoms with E-state index in [0.717, 1.165) is 5.56 Å². The van der Waals surface area contributed by atoms with Crippen LogP contribution >= 0.6 is 11.6 Å². The van der Waals surface area contributed by atoms with E-state index in [2.05, 4.69) is 15.6 Å². The number of nitrogens with zero attached hydrogens (tertiary/aromatic N) is 3. The third-order valence-corrected chi connectivity index (χ3v) is 3.40. The largest absolute Gasteiger partial charge is 0.480 e. The van der Waals surface area contributed by atoms with Gasteiger partial charge in [-0.05, 0) is 31.5 Å². The number of halogens is 1. The fourth-order valence-electron chi connectivity index (χ4n) is 1.90. The topological polar surface area (TPSA) is 106 Å². The Morgan fingerprint density at radius 2 is 2.21 bits per heavy atom. The number of hydrogen-bond acceptors (Lipinski definition) is 5. The number of aromatic nitrogens is 3. The molecule has 1 atom stereocenters. The number of carboxylic acid groups (broad SMARTS) is 1. The van der Waals surface area contributed by atoms with E-state index >= 15 is 0 Å². The molecule has 1 heterocycles. The van der Waals surface area contributed by atoms with Gasteiger partial charge in [-0.3, -0.25) is 9.59 Å². The van der Waals surface area contributed by atoms with Crippen molar-refractivity contribution in [2.24, 2.45) is 0 Å². The SMILES string of the molecule is Cc1ccc(Cl)c(OC(C)C(=O)NCc2cn(CC(=O)O)nn2)c1. The number of carbonyl (C=O) groups excluding carboxylic acids is 1. The van der Waals surface area contributed by atoms with E-state index in [1.165, 1.54) is 10.9 Å². The lowest BCUT2D eigenvalue weighted by molar-refractivity contribution is -0.138. The second kappa shape index (κ2) is 7.78. The van der Waals surface area contributed by atoms with Crippen molar-refractivity contribution in [1.82, 2.24) is 20.3 Å². The molecule has 0 radical (unpaired) electrons. The minimum atomic E-state index is -1.02. The Balaban J connectivity index is 1.88. The summed E-state index contributed by atoms with van der Waals surface area (Å²) < 4.78 is 6.75. The summed E-state index contributed by atoms with van der Waals surface area (Å²) in [5, 5.41) is 19.2. The van der Waals surface area contributed by atoms with E-state index in [1.807, 2.05) is 13.0 Å². The first kappa shape index (κ1) is 17.7. The molecule has 128 valence electrons. The number of rotatable bonds is 7. The number of aryl methyl sites for hydroxylation is 1. The summed E-state index contributed by atoms with van der Waals surface area (Å²) in [6, 6.07) is 5.31. The van der Waals surface area contributed by atoms with Crippen molar-refractivity contribution in [2.75, 3.05) is 0 Å². The normalized spacial score (nSPS) is 11.8. The summed E-state index contributed by atoms with van der Waals surface area (Å²) >= 11 is 6.04. The van der Waals surface area contributed by atoms with Crippen LogP contribution in [0.5, 0.6) is 5.75 Å². The molecule has 2 rings (SSSR count). The average molecular weight is 353 g/mol. The molecule has 24 heavy (non-hydrogen) atoms. The predicted octanol–water partition coefficient (Wildman–Crippen LogP) is 1.41. The molecule has 0 saturated carbocycles. The van der Waals surface area contributed by atoms with E-state index in [9.17, 15) is 9.59 Å². The van der Waals surface area contributed by atoms with Crippen LogP contribution in [0.3, 0.4) is 0 Å². The lowest BCUT2D eigenvalue weighted by Gasteiger charge is -2.15. The minimum Gasteiger partial charge on any atom is -0.480 e. The highest BCUT2D eigenvalue weighted by Gasteiger charge is 2.16. The number of aliphatic carboxylic acids is 1.